The highest BCUT2D eigenvalue weighted by molar-refractivity contribution is 5.80. The van der Waals surface area contributed by atoms with Gasteiger partial charge >= 0.3 is 5.97 Å². The molecule has 3 nitrogen and oxygen atoms in total. The van der Waals surface area contributed by atoms with E-state index in [9.17, 15) is 4.79 Å². The number of rotatable bonds is 4. The monoisotopic (exact) mass is 234 g/mol. The number of methoxy groups -OCH3 is 2. The van der Waals surface area contributed by atoms with Gasteiger partial charge in [0.05, 0.1) is 20.1 Å². The van der Waals surface area contributed by atoms with Crippen molar-refractivity contribution in [3.63, 3.8) is 0 Å². The predicted octanol–water partition coefficient (Wildman–Crippen LogP) is 2.67. The average molecular weight is 234 g/mol. The van der Waals surface area contributed by atoms with Gasteiger partial charge in [-0.1, -0.05) is 17.7 Å². The van der Waals surface area contributed by atoms with Crippen LogP contribution in [0, 0.1) is 12.8 Å². The van der Waals surface area contributed by atoms with Gasteiger partial charge in [0, 0.05) is 5.56 Å². The minimum absolute atomic E-state index is 0.156. The maximum atomic E-state index is 11.9. The Hall–Kier alpha value is -1.51. The average Bonchev–Trinajstić information content (AvgIpc) is 3.14. The Morgan fingerprint density at radius 3 is 2.59 bits per heavy atom. The van der Waals surface area contributed by atoms with E-state index in [4.69, 9.17) is 9.47 Å². The first-order valence-electron chi connectivity index (χ1n) is 5.89. The molecule has 1 fully saturated rings. The van der Waals surface area contributed by atoms with Crippen molar-refractivity contribution in [1.29, 1.82) is 0 Å². The van der Waals surface area contributed by atoms with Crippen LogP contribution in [0.1, 0.15) is 29.9 Å². The highest BCUT2D eigenvalue weighted by Gasteiger charge is 2.39. The summed E-state index contributed by atoms with van der Waals surface area (Å²) >= 11 is 0. The first-order valence-corrected chi connectivity index (χ1v) is 5.89. The molecule has 0 bridgehead atoms. The van der Waals surface area contributed by atoms with E-state index in [0.29, 0.717) is 5.92 Å². The van der Waals surface area contributed by atoms with E-state index in [1.807, 2.05) is 25.1 Å². The molecule has 0 spiro atoms. The minimum atomic E-state index is -0.171. The third-order valence-electron chi connectivity index (χ3n) is 3.27. The summed E-state index contributed by atoms with van der Waals surface area (Å²) in [5.74, 6) is 0.863. The molecule has 1 atom stereocenters. The summed E-state index contributed by atoms with van der Waals surface area (Å²) in [7, 11) is 3.08. The Labute approximate surface area is 102 Å². The molecule has 1 unspecified atom stereocenters. The molecule has 1 aliphatic rings. The smallest absolute Gasteiger partial charge is 0.313 e. The lowest BCUT2D eigenvalue weighted by molar-refractivity contribution is -0.143. The maximum Gasteiger partial charge on any atom is 0.313 e. The molecule has 0 aromatic heterocycles. The number of aryl methyl sites for hydroxylation is 1. The molecule has 1 saturated carbocycles. The molecule has 0 saturated heterocycles. The van der Waals surface area contributed by atoms with Crippen molar-refractivity contribution in [2.75, 3.05) is 14.2 Å². The molecule has 92 valence electrons. The van der Waals surface area contributed by atoms with Crippen LogP contribution in [0.3, 0.4) is 0 Å². The van der Waals surface area contributed by atoms with E-state index in [1.54, 1.807) is 7.11 Å². The Kier molecular flexibility index (Phi) is 3.36. The maximum absolute atomic E-state index is 11.9. The molecule has 0 amide bonds. The summed E-state index contributed by atoms with van der Waals surface area (Å²) in [5, 5.41) is 0. The van der Waals surface area contributed by atoms with Gasteiger partial charge < -0.3 is 9.47 Å². The number of hydrogen-bond donors (Lipinski definition) is 0. The second kappa shape index (κ2) is 4.78. The van der Waals surface area contributed by atoms with E-state index < -0.39 is 0 Å². The summed E-state index contributed by atoms with van der Waals surface area (Å²) in [6, 6.07) is 5.94. The minimum Gasteiger partial charge on any atom is -0.496 e. The van der Waals surface area contributed by atoms with Crippen molar-refractivity contribution in [2.24, 2.45) is 5.92 Å². The van der Waals surface area contributed by atoms with Crippen molar-refractivity contribution < 1.29 is 14.3 Å². The van der Waals surface area contributed by atoms with Crippen LogP contribution in [0.5, 0.6) is 5.75 Å². The van der Waals surface area contributed by atoms with Crippen LogP contribution >= 0.6 is 0 Å². The third kappa shape index (κ3) is 2.43. The molecule has 2 rings (SSSR count). The third-order valence-corrected chi connectivity index (χ3v) is 3.27. The zero-order valence-electron chi connectivity index (χ0n) is 10.5. The Morgan fingerprint density at radius 2 is 2.06 bits per heavy atom. The van der Waals surface area contributed by atoms with Crippen LogP contribution in [-0.4, -0.2) is 20.2 Å². The lowest BCUT2D eigenvalue weighted by Crippen LogP contribution is -2.17. The summed E-state index contributed by atoms with van der Waals surface area (Å²) in [4.78, 5) is 11.9. The van der Waals surface area contributed by atoms with Gasteiger partial charge in [-0.25, -0.2) is 0 Å². The zero-order valence-corrected chi connectivity index (χ0v) is 10.5. The molecule has 0 heterocycles. The normalized spacial score (nSPS) is 16.4. The molecular weight excluding hydrogens is 216 g/mol. The molecule has 0 N–H and O–H groups in total. The topological polar surface area (TPSA) is 35.5 Å². The van der Waals surface area contributed by atoms with Gasteiger partial charge in [0.2, 0.25) is 0 Å². The van der Waals surface area contributed by atoms with Gasteiger partial charge in [-0.15, -0.1) is 0 Å². The predicted molar refractivity (Wildman–Crippen MR) is 65.2 cm³/mol. The van der Waals surface area contributed by atoms with Gasteiger partial charge in [0.25, 0.3) is 0 Å². The van der Waals surface area contributed by atoms with Crippen molar-refractivity contribution in [3.05, 3.63) is 29.3 Å². The molecule has 1 aliphatic carbocycles. The quantitative estimate of drug-likeness (QED) is 0.751. The second-order valence-corrected chi connectivity index (χ2v) is 4.58. The van der Waals surface area contributed by atoms with Crippen molar-refractivity contribution >= 4 is 5.97 Å². The van der Waals surface area contributed by atoms with Gasteiger partial charge in [-0.3, -0.25) is 4.79 Å². The van der Waals surface area contributed by atoms with Gasteiger partial charge in [0.1, 0.15) is 5.75 Å². The molecular formula is C14H18O3. The van der Waals surface area contributed by atoms with Crippen LogP contribution in [0.15, 0.2) is 18.2 Å². The fourth-order valence-corrected chi connectivity index (χ4v) is 2.23. The van der Waals surface area contributed by atoms with Gasteiger partial charge in [-0.2, -0.15) is 0 Å². The summed E-state index contributed by atoms with van der Waals surface area (Å²) in [6.07, 6.45) is 2.19. The SMILES string of the molecule is COC(=O)C(c1cc(C)ccc1OC)C1CC1. The highest BCUT2D eigenvalue weighted by Crippen LogP contribution is 2.45. The van der Waals surface area contributed by atoms with Crippen LogP contribution in [-0.2, 0) is 9.53 Å². The molecule has 3 heteroatoms. The molecule has 1 aromatic carbocycles. The first-order chi connectivity index (χ1) is 8.17. The standard InChI is InChI=1S/C14H18O3/c1-9-4-7-12(16-2)11(8-9)13(10-5-6-10)14(15)17-3/h4,7-8,10,13H,5-6H2,1-3H3. The lowest BCUT2D eigenvalue weighted by atomic mass is 9.92. The van der Waals surface area contributed by atoms with Crippen molar-refractivity contribution in [3.8, 4) is 5.75 Å². The van der Waals surface area contributed by atoms with Crippen LogP contribution in [0.4, 0.5) is 0 Å². The summed E-state index contributed by atoms with van der Waals surface area (Å²) < 4.78 is 10.3. The molecule has 0 aliphatic heterocycles. The molecule has 1 aromatic rings. The van der Waals surface area contributed by atoms with Crippen LogP contribution < -0.4 is 4.74 Å². The fraction of sp³-hybridized carbons (Fsp3) is 0.500. The van der Waals surface area contributed by atoms with E-state index in [1.165, 1.54) is 7.11 Å². The molecule has 0 radical (unpaired) electrons. The van der Waals surface area contributed by atoms with E-state index in [-0.39, 0.29) is 11.9 Å². The number of benzene rings is 1. The Morgan fingerprint density at radius 1 is 1.35 bits per heavy atom. The zero-order chi connectivity index (χ0) is 12.4. The van der Waals surface area contributed by atoms with Gasteiger partial charge in [-0.05, 0) is 31.7 Å². The van der Waals surface area contributed by atoms with Gasteiger partial charge in [0.15, 0.2) is 0 Å². The van der Waals surface area contributed by atoms with Crippen molar-refractivity contribution in [2.45, 2.75) is 25.7 Å². The van der Waals surface area contributed by atoms with Crippen molar-refractivity contribution in [1.82, 2.24) is 0 Å². The number of esters is 1. The summed E-state index contributed by atoms with van der Waals surface area (Å²) in [6.45, 7) is 2.02. The van der Waals surface area contributed by atoms with Crippen LogP contribution in [0.2, 0.25) is 0 Å². The number of ether oxygens (including phenoxy) is 2. The Balaban J connectivity index is 2.40. The number of hydrogen-bond acceptors (Lipinski definition) is 3. The van der Waals surface area contributed by atoms with Crippen LogP contribution in [0.25, 0.3) is 0 Å². The van der Waals surface area contributed by atoms with E-state index >= 15 is 0 Å². The Bertz CT molecular complexity index is 421. The lowest BCUT2D eigenvalue weighted by Gasteiger charge is -2.17. The summed E-state index contributed by atoms with van der Waals surface area (Å²) in [5.41, 5.74) is 2.09. The van der Waals surface area contributed by atoms with E-state index in [0.717, 1.165) is 29.7 Å². The fourth-order valence-electron chi connectivity index (χ4n) is 2.23. The second-order valence-electron chi connectivity index (χ2n) is 4.58. The number of carbonyl (C=O) groups is 1. The van der Waals surface area contributed by atoms with E-state index in [2.05, 4.69) is 0 Å². The first kappa shape index (κ1) is 12.0. The largest absolute Gasteiger partial charge is 0.496 e. The molecule has 17 heavy (non-hydrogen) atoms. The number of carbonyl (C=O) groups excluding carboxylic acids is 1. The highest BCUT2D eigenvalue weighted by atomic mass is 16.5.